The molecule has 3 aromatic rings. The van der Waals surface area contributed by atoms with E-state index in [4.69, 9.17) is 10.7 Å². The molecule has 1 unspecified atom stereocenters. The highest BCUT2D eigenvalue weighted by molar-refractivity contribution is 6.11. The van der Waals surface area contributed by atoms with Crippen molar-refractivity contribution >= 4 is 23.0 Å². The van der Waals surface area contributed by atoms with Crippen molar-refractivity contribution in [3.63, 3.8) is 0 Å². The van der Waals surface area contributed by atoms with E-state index in [0.717, 1.165) is 6.07 Å². The average Bonchev–Trinajstić information content (AvgIpc) is 2.84. The van der Waals surface area contributed by atoms with Gasteiger partial charge in [0.05, 0.1) is 17.3 Å². The number of alkyl halides is 3. The number of carbonyl (C=O) groups is 1. The Kier molecular flexibility index (Phi) is 7.63. The van der Waals surface area contributed by atoms with Gasteiger partial charge in [-0.1, -0.05) is 48.5 Å². The van der Waals surface area contributed by atoms with Crippen LogP contribution in [0.5, 0.6) is 0 Å². The van der Waals surface area contributed by atoms with Crippen LogP contribution < -0.4 is 10.6 Å². The summed E-state index contributed by atoms with van der Waals surface area (Å²) in [5, 5.41) is 31.7. The lowest BCUT2D eigenvalue weighted by atomic mass is 9.99. The van der Waals surface area contributed by atoms with Crippen LogP contribution in [0, 0.1) is 22.6 Å². The first kappa shape index (κ1) is 25.1. The van der Waals surface area contributed by atoms with Crippen molar-refractivity contribution < 1.29 is 27.5 Å². The molecule has 0 aliphatic carbocycles. The van der Waals surface area contributed by atoms with Gasteiger partial charge in [-0.25, -0.2) is 4.39 Å². The molecular weight excluding hydrogens is 464 g/mol. The second-order valence-corrected chi connectivity index (χ2v) is 7.26. The van der Waals surface area contributed by atoms with E-state index in [-0.39, 0.29) is 22.9 Å². The van der Waals surface area contributed by atoms with Gasteiger partial charge >= 0.3 is 6.18 Å². The van der Waals surface area contributed by atoms with Crippen molar-refractivity contribution in [3.05, 3.63) is 107 Å². The lowest BCUT2D eigenvalue weighted by Gasteiger charge is -2.19. The molecule has 1 atom stereocenters. The molecule has 10 heteroatoms. The molecule has 35 heavy (non-hydrogen) atoms. The molecule has 0 bridgehead atoms. The van der Waals surface area contributed by atoms with E-state index in [1.54, 1.807) is 30.3 Å². The van der Waals surface area contributed by atoms with Crippen LogP contribution in [0.3, 0.4) is 0 Å². The fourth-order valence-corrected chi connectivity index (χ4v) is 3.10. The summed E-state index contributed by atoms with van der Waals surface area (Å²) in [6, 6.07) is 19.3. The molecule has 0 fully saturated rings. The molecule has 0 aromatic heterocycles. The maximum atomic E-state index is 14.7. The Morgan fingerprint density at radius 1 is 1.03 bits per heavy atom. The number of aliphatic hydroxyl groups is 1. The first-order valence-corrected chi connectivity index (χ1v) is 10.1. The molecule has 0 saturated carbocycles. The normalized spacial score (nSPS) is 12.4. The van der Waals surface area contributed by atoms with Gasteiger partial charge < -0.3 is 15.7 Å². The van der Waals surface area contributed by atoms with Crippen molar-refractivity contribution in [2.75, 3.05) is 10.6 Å². The second-order valence-electron chi connectivity index (χ2n) is 7.26. The van der Waals surface area contributed by atoms with Gasteiger partial charge in [0.15, 0.2) is 0 Å². The monoisotopic (exact) mass is 482 g/mol. The van der Waals surface area contributed by atoms with Crippen LogP contribution in [0.15, 0.2) is 84.6 Å². The van der Waals surface area contributed by atoms with Gasteiger partial charge in [0.2, 0.25) is 0 Å². The van der Waals surface area contributed by atoms with Gasteiger partial charge in [0, 0.05) is 11.3 Å². The second kappa shape index (κ2) is 10.6. The number of aliphatic hydroxyl groups excluding tert-OH is 1. The van der Waals surface area contributed by atoms with Crippen molar-refractivity contribution in [3.8, 4) is 6.07 Å². The smallest absolute Gasteiger partial charge is 0.384 e. The Morgan fingerprint density at radius 3 is 2.37 bits per heavy atom. The van der Waals surface area contributed by atoms with Gasteiger partial charge in [-0.05, 0) is 35.9 Å². The third-order valence-corrected chi connectivity index (χ3v) is 4.80. The number of nitriles is 1. The summed E-state index contributed by atoms with van der Waals surface area (Å²) in [5.74, 6) is -2.13. The summed E-state index contributed by atoms with van der Waals surface area (Å²) in [6.45, 7) is 0. The maximum Gasteiger partial charge on any atom is 0.432 e. The maximum absolute atomic E-state index is 14.7. The summed E-state index contributed by atoms with van der Waals surface area (Å²) < 4.78 is 53.7. The number of carbonyl (C=O) groups excluding carboxylic acids is 1. The van der Waals surface area contributed by atoms with Crippen molar-refractivity contribution in [2.24, 2.45) is 0 Å². The van der Waals surface area contributed by atoms with E-state index in [0.29, 0.717) is 5.56 Å². The largest absolute Gasteiger partial charge is 0.432 e. The van der Waals surface area contributed by atoms with Crippen LogP contribution in [0.2, 0.25) is 0 Å². The third kappa shape index (κ3) is 6.31. The molecule has 0 aliphatic rings. The number of allylic oxidation sites excluding steroid dienone is 1. The van der Waals surface area contributed by atoms with Crippen molar-refractivity contribution in [1.29, 1.82) is 10.7 Å². The van der Waals surface area contributed by atoms with Gasteiger partial charge in [-0.15, -0.1) is 0 Å². The van der Waals surface area contributed by atoms with Gasteiger partial charge in [-0.3, -0.25) is 10.2 Å². The van der Waals surface area contributed by atoms with E-state index in [1.807, 2.05) is 6.07 Å². The van der Waals surface area contributed by atoms with Crippen LogP contribution in [0.25, 0.3) is 0 Å². The first-order valence-electron chi connectivity index (χ1n) is 10.1. The zero-order valence-corrected chi connectivity index (χ0v) is 17.9. The summed E-state index contributed by atoms with van der Waals surface area (Å²) in [6.07, 6.45) is -6.14. The molecular formula is C25H18F4N4O2. The number of rotatable bonds is 7. The van der Waals surface area contributed by atoms with E-state index in [1.165, 1.54) is 36.4 Å². The number of hydrogen-bond donors (Lipinski definition) is 4. The lowest BCUT2D eigenvalue weighted by molar-refractivity contribution is -0.112. The molecule has 0 heterocycles. The number of anilines is 2. The zero-order chi connectivity index (χ0) is 25.6. The highest BCUT2D eigenvalue weighted by atomic mass is 19.4. The summed E-state index contributed by atoms with van der Waals surface area (Å²) >= 11 is 0. The Bertz CT molecular complexity index is 1320. The van der Waals surface area contributed by atoms with Crippen LogP contribution in [0.1, 0.15) is 22.8 Å². The fourth-order valence-electron chi connectivity index (χ4n) is 3.10. The summed E-state index contributed by atoms with van der Waals surface area (Å²) in [7, 11) is 0. The van der Waals surface area contributed by atoms with E-state index in [2.05, 4.69) is 10.6 Å². The zero-order valence-electron chi connectivity index (χ0n) is 17.9. The Balaban J connectivity index is 1.99. The molecule has 6 nitrogen and oxygen atoms in total. The van der Waals surface area contributed by atoms with Gasteiger partial charge in [-0.2, -0.15) is 18.4 Å². The van der Waals surface area contributed by atoms with E-state index < -0.39 is 41.1 Å². The van der Waals surface area contributed by atoms with Gasteiger partial charge in [0.1, 0.15) is 23.3 Å². The highest BCUT2D eigenvalue weighted by Crippen LogP contribution is 2.31. The number of para-hydroxylation sites is 1. The minimum Gasteiger partial charge on any atom is -0.384 e. The first-order chi connectivity index (χ1) is 16.6. The molecule has 4 N–H and O–H groups in total. The predicted octanol–water partition coefficient (Wildman–Crippen LogP) is 5.30. The minimum absolute atomic E-state index is 0.0266. The number of nitrogens with one attached hydrogen (secondary N) is 3. The molecule has 0 radical (unpaired) electrons. The SMILES string of the molecule is N#Cc1cccc(N/C(=C\C(=N)C(F)(F)F)C(=O)Nc2c(F)cccc2C(O)c2ccccc2)c1. The van der Waals surface area contributed by atoms with E-state index in [9.17, 15) is 27.5 Å². The van der Waals surface area contributed by atoms with Crippen LogP contribution in [0.4, 0.5) is 28.9 Å². The summed E-state index contributed by atoms with van der Waals surface area (Å²) in [5.41, 5.74) is -2.36. The van der Waals surface area contributed by atoms with E-state index >= 15 is 0 Å². The standard InChI is InChI=1S/C25H18F4N4O2/c26-19-11-5-10-18(23(34)16-7-2-1-3-8-16)22(19)33-24(35)20(13-21(31)25(27,28)29)32-17-9-4-6-15(12-17)14-30/h1-13,23,31-32,34H,(H,33,35)/b20-13-,31-21?. The molecule has 3 rings (SSSR count). The number of hydrogen-bond acceptors (Lipinski definition) is 5. The Morgan fingerprint density at radius 2 is 1.71 bits per heavy atom. The quantitative estimate of drug-likeness (QED) is 0.208. The number of amides is 1. The Hall–Kier alpha value is -4.49. The Labute approximate surface area is 197 Å². The average molecular weight is 482 g/mol. The predicted molar refractivity (Wildman–Crippen MR) is 122 cm³/mol. The van der Waals surface area contributed by atoms with Gasteiger partial charge in [0.25, 0.3) is 5.91 Å². The van der Waals surface area contributed by atoms with Crippen LogP contribution >= 0.6 is 0 Å². The molecule has 0 spiro atoms. The third-order valence-electron chi connectivity index (χ3n) is 4.80. The number of nitrogens with zero attached hydrogens (tertiary/aromatic N) is 1. The number of benzene rings is 3. The molecule has 178 valence electrons. The topological polar surface area (TPSA) is 109 Å². The summed E-state index contributed by atoms with van der Waals surface area (Å²) in [4.78, 5) is 13.0. The highest BCUT2D eigenvalue weighted by Gasteiger charge is 2.34. The van der Waals surface area contributed by atoms with Crippen LogP contribution in [-0.2, 0) is 4.79 Å². The molecule has 1 amide bonds. The minimum atomic E-state index is -5.05. The lowest BCUT2D eigenvalue weighted by Crippen LogP contribution is -2.26. The van der Waals surface area contributed by atoms with Crippen molar-refractivity contribution in [2.45, 2.75) is 12.3 Å². The fraction of sp³-hybridized carbons (Fsp3) is 0.0800. The number of halogens is 4. The van der Waals surface area contributed by atoms with Crippen LogP contribution in [-0.4, -0.2) is 22.9 Å². The molecule has 0 aliphatic heterocycles. The molecule has 0 saturated heterocycles. The van der Waals surface area contributed by atoms with Crippen molar-refractivity contribution in [1.82, 2.24) is 0 Å². The molecule has 3 aromatic carbocycles.